The highest BCUT2D eigenvalue weighted by Crippen LogP contribution is 2.17. The molecule has 0 bridgehead atoms. The number of ether oxygens (including phenoxy) is 2. The van der Waals surface area contributed by atoms with E-state index >= 15 is 0 Å². The summed E-state index contributed by atoms with van der Waals surface area (Å²) in [7, 11) is 1.57. The molecule has 4 rings (SSSR count). The maximum absolute atomic E-state index is 12.8. The van der Waals surface area contributed by atoms with Crippen LogP contribution in [0.2, 0.25) is 5.02 Å². The van der Waals surface area contributed by atoms with E-state index in [0.717, 1.165) is 11.1 Å². The Bertz CT molecular complexity index is 1360. The Balaban J connectivity index is 1.35. The number of methoxy groups -OCH3 is 1. The number of rotatable bonds is 11. The van der Waals surface area contributed by atoms with Gasteiger partial charge in [0.25, 0.3) is 11.5 Å². The molecular formula is C27H27ClN4O4. The van der Waals surface area contributed by atoms with Crippen LogP contribution < -0.4 is 15.6 Å². The average molecular weight is 507 g/mol. The summed E-state index contributed by atoms with van der Waals surface area (Å²) in [5, 5.41) is 8.00. The molecule has 2 aromatic carbocycles. The second-order valence-electron chi connectivity index (χ2n) is 8.17. The van der Waals surface area contributed by atoms with Crippen LogP contribution in [0, 0.1) is 0 Å². The third-order valence-corrected chi connectivity index (χ3v) is 5.67. The summed E-state index contributed by atoms with van der Waals surface area (Å²) in [6.45, 7) is 1.86. The van der Waals surface area contributed by atoms with Gasteiger partial charge in [0, 0.05) is 30.6 Å². The van der Waals surface area contributed by atoms with E-state index in [0.29, 0.717) is 48.3 Å². The molecule has 8 nitrogen and oxygen atoms in total. The van der Waals surface area contributed by atoms with Crippen molar-refractivity contribution in [2.45, 2.75) is 19.7 Å². The van der Waals surface area contributed by atoms with Gasteiger partial charge in [-0.3, -0.25) is 14.3 Å². The summed E-state index contributed by atoms with van der Waals surface area (Å²) in [5.41, 5.74) is 3.02. The first-order chi connectivity index (χ1) is 17.5. The first-order valence-electron chi connectivity index (χ1n) is 11.5. The van der Waals surface area contributed by atoms with Gasteiger partial charge in [-0.05, 0) is 35.4 Å². The van der Waals surface area contributed by atoms with Gasteiger partial charge in [-0.1, -0.05) is 48.0 Å². The lowest BCUT2D eigenvalue weighted by Crippen LogP contribution is -2.28. The number of carbonyl (C=O) groups excluding carboxylic acids is 1. The molecule has 36 heavy (non-hydrogen) atoms. The number of nitrogens with one attached hydrogen (secondary N) is 1. The quantitative estimate of drug-likeness (QED) is 0.313. The van der Waals surface area contributed by atoms with Crippen LogP contribution in [0.25, 0.3) is 0 Å². The topological polar surface area (TPSA) is 87.4 Å². The molecule has 2 aromatic heterocycles. The Labute approximate surface area is 214 Å². The first-order valence-corrected chi connectivity index (χ1v) is 11.8. The number of aromatic nitrogens is 3. The van der Waals surface area contributed by atoms with E-state index in [9.17, 15) is 9.59 Å². The Hall–Kier alpha value is -3.88. The lowest BCUT2D eigenvalue weighted by molar-refractivity contribution is 0.0942. The molecule has 186 valence electrons. The molecule has 9 heteroatoms. The molecule has 1 N–H and O–H groups in total. The molecule has 1 amide bonds. The lowest BCUT2D eigenvalue weighted by atomic mass is 10.1. The maximum atomic E-state index is 12.8. The number of hydrogen-bond acceptors (Lipinski definition) is 5. The molecule has 0 radical (unpaired) electrons. The molecule has 0 aliphatic carbocycles. The van der Waals surface area contributed by atoms with Crippen LogP contribution in [-0.4, -0.2) is 40.5 Å². The van der Waals surface area contributed by atoms with Crippen molar-refractivity contribution in [3.05, 3.63) is 117 Å². The van der Waals surface area contributed by atoms with Crippen molar-refractivity contribution in [3.63, 3.8) is 0 Å². The number of benzene rings is 2. The van der Waals surface area contributed by atoms with Crippen LogP contribution in [-0.2, 0) is 24.4 Å². The number of halogens is 1. The molecule has 0 saturated heterocycles. The smallest absolute Gasteiger partial charge is 0.254 e. The van der Waals surface area contributed by atoms with Gasteiger partial charge in [-0.15, -0.1) is 0 Å². The van der Waals surface area contributed by atoms with E-state index in [1.165, 1.54) is 0 Å². The summed E-state index contributed by atoms with van der Waals surface area (Å²) in [6.07, 6.45) is 3.49. The molecule has 0 atom stereocenters. The summed E-state index contributed by atoms with van der Waals surface area (Å²) in [5.74, 6) is 0.401. The Morgan fingerprint density at radius 1 is 1.03 bits per heavy atom. The number of amides is 1. The average Bonchev–Trinajstić information content (AvgIpc) is 3.27. The van der Waals surface area contributed by atoms with E-state index in [4.69, 9.17) is 21.1 Å². The summed E-state index contributed by atoms with van der Waals surface area (Å²) < 4.78 is 14.2. The fourth-order valence-electron chi connectivity index (χ4n) is 3.69. The van der Waals surface area contributed by atoms with Gasteiger partial charge >= 0.3 is 0 Å². The number of pyridine rings is 1. The molecule has 4 aromatic rings. The highest BCUT2D eigenvalue weighted by atomic mass is 35.5. The van der Waals surface area contributed by atoms with Crippen LogP contribution in [0.15, 0.2) is 83.9 Å². The fourth-order valence-corrected chi connectivity index (χ4v) is 3.87. The summed E-state index contributed by atoms with van der Waals surface area (Å²) in [6, 6.07) is 20.2. The summed E-state index contributed by atoms with van der Waals surface area (Å²) in [4.78, 5) is 24.7. The summed E-state index contributed by atoms with van der Waals surface area (Å²) >= 11 is 5.96. The van der Waals surface area contributed by atoms with Gasteiger partial charge in [0.15, 0.2) is 0 Å². The zero-order valence-electron chi connectivity index (χ0n) is 19.9. The Kier molecular flexibility index (Phi) is 8.54. The second-order valence-corrected chi connectivity index (χ2v) is 8.60. The van der Waals surface area contributed by atoms with Gasteiger partial charge < -0.3 is 19.4 Å². The van der Waals surface area contributed by atoms with E-state index in [-0.39, 0.29) is 18.1 Å². The van der Waals surface area contributed by atoms with Crippen molar-refractivity contribution < 1.29 is 14.3 Å². The van der Waals surface area contributed by atoms with Crippen LogP contribution in [0.5, 0.6) is 5.75 Å². The molecule has 2 heterocycles. The standard InChI is InChI=1S/C27H27ClN4O4/c1-35-19-25-24(27(34)29-12-14-36-23-6-4-5-22(28)15-23)18-32(30-25)17-21-10-8-20(9-11-21)16-31-13-3-2-7-26(31)33/h2-11,13,15,18H,12,14,16-17,19H2,1H3,(H,29,34). The zero-order valence-corrected chi connectivity index (χ0v) is 20.6. The predicted molar refractivity (Wildman–Crippen MR) is 138 cm³/mol. The highest BCUT2D eigenvalue weighted by Gasteiger charge is 2.16. The number of hydrogen-bond donors (Lipinski definition) is 1. The largest absolute Gasteiger partial charge is 0.492 e. The van der Waals surface area contributed by atoms with Gasteiger partial charge in [-0.2, -0.15) is 5.10 Å². The van der Waals surface area contributed by atoms with Gasteiger partial charge in [0.05, 0.1) is 31.8 Å². The van der Waals surface area contributed by atoms with Crippen molar-refractivity contribution in [1.29, 1.82) is 0 Å². The predicted octanol–water partition coefficient (Wildman–Crippen LogP) is 3.75. The van der Waals surface area contributed by atoms with Crippen LogP contribution >= 0.6 is 11.6 Å². The molecule has 0 saturated carbocycles. The maximum Gasteiger partial charge on any atom is 0.254 e. The molecule has 0 unspecified atom stereocenters. The minimum atomic E-state index is -0.244. The van der Waals surface area contributed by atoms with E-state index in [2.05, 4.69) is 10.4 Å². The van der Waals surface area contributed by atoms with E-state index in [1.54, 1.807) is 59.1 Å². The molecule has 0 aliphatic heterocycles. The normalized spacial score (nSPS) is 10.8. The van der Waals surface area contributed by atoms with Gasteiger partial charge in [0.1, 0.15) is 18.1 Å². The van der Waals surface area contributed by atoms with Crippen LogP contribution in [0.4, 0.5) is 0 Å². The monoisotopic (exact) mass is 506 g/mol. The van der Waals surface area contributed by atoms with Crippen molar-refractivity contribution in [2.24, 2.45) is 0 Å². The molecule has 0 aliphatic rings. The van der Waals surface area contributed by atoms with Crippen LogP contribution in [0.1, 0.15) is 27.2 Å². The van der Waals surface area contributed by atoms with Gasteiger partial charge in [0.2, 0.25) is 0 Å². The minimum Gasteiger partial charge on any atom is -0.492 e. The molecule has 0 fully saturated rings. The van der Waals surface area contributed by atoms with Crippen LogP contribution in [0.3, 0.4) is 0 Å². The Morgan fingerprint density at radius 2 is 1.81 bits per heavy atom. The molecular weight excluding hydrogens is 480 g/mol. The number of carbonyl (C=O) groups is 1. The van der Waals surface area contributed by atoms with Crippen molar-refractivity contribution in [3.8, 4) is 5.75 Å². The number of nitrogens with zero attached hydrogens (tertiary/aromatic N) is 3. The minimum absolute atomic E-state index is 0.0365. The third kappa shape index (κ3) is 6.84. The SMILES string of the molecule is COCc1nn(Cc2ccc(Cn3ccccc3=O)cc2)cc1C(=O)NCCOc1cccc(Cl)c1. The fraction of sp³-hybridized carbons (Fsp3) is 0.222. The van der Waals surface area contributed by atoms with Crippen molar-refractivity contribution in [2.75, 3.05) is 20.3 Å². The second kappa shape index (κ2) is 12.2. The first kappa shape index (κ1) is 25.2. The Morgan fingerprint density at radius 3 is 2.53 bits per heavy atom. The third-order valence-electron chi connectivity index (χ3n) is 5.44. The zero-order chi connectivity index (χ0) is 25.3. The van der Waals surface area contributed by atoms with Crippen molar-refractivity contribution >= 4 is 17.5 Å². The van der Waals surface area contributed by atoms with Crippen molar-refractivity contribution in [1.82, 2.24) is 19.7 Å². The van der Waals surface area contributed by atoms with E-state index < -0.39 is 0 Å². The van der Waals surface area contributed by atoms with E-state index in [1.807, 2.05) is 36.4 Å². The highest BCUT2D eigenvalue weighted by molar-refractivity contribution is 6.30. The molecule has 0 spiro atoms. The van der Waals surface area contributed by atoms with Gasteiger partial charge in [-0.25, -0.2) is 0 Å². The lowest BCUT2D eigenvalue weighted by Gasteiger charge is -2.08.